The van der Waals surface area contributed by atoms with E-state index in [1.54, 1.807) is 11.1 Å². The SMILES string of the molecule is CCOCCCN(C(=O)c1cn2c(n1)C(=O)N(CC)CC2)C1CCN(C)CC1. The van der Waals surface area contributed by atoms with Crippen molar-refractivity contribution in [3.63, 3.8) is 0 Å². The standard InChI is InChI=1S/C20H33N5O3/c1-4-23-12-13-24-15-17(21-18(24)20(23)27)19(26)25(9-6-14-28-5-2)16-7-10-22(3)11-8-16/h15-16H,4-14H2,1-3H3. The number of likely N-dealkylation sites (N-methyl/N-ethyl adjacent to an activating group) is 1. The maximum absolute atomic E-state index is 13.3. The first-order valence-electron chi connectivity index (χ1n) is 10.5. The fourth-order valence-electron chi connectivity index (χ4n) is 4.02. The number of piperidine rings is 1. The number of ether oxygens (including phenoxy) is 1. The van der Waals surface area contributed by atoms with Crippen molar-refractivity contribution in [3.8, 4) is 0 Å². The summed E-state index contributed by atoms with van der Waals surface area (Å²) >= 11 is 0. The van der Waals surface area contributed by atoms with E-state index in [1.807, 2.05) is 23.3 Å². The molecule has 3 heterocycles. The molecule has 3 rings (SSSR count). The maximum atomic E-state index is 13.3. The molecule has 0 spiro atoms. The van der Waals surface area contributed by atoms with Gasteiger partial charge in [0.2, 0.25) is 0 Å². The molecule has 1 fully saturated rings. The predicted molar refractivity (Wildman–Crippen MR) is 106 cm³/mol. The Morgan fingerprint density at radius 3 is 2.68 bits per heavy atom. The van der Waals surface area contributed by atoms with Crippen molar-refractivity contribution in [3.05, 3.63) is 17.7 Å². The molecule has 0 unspecified atom stereocenters. The quantitative estimate of drug-likeness (QED) is 0.625. The van der Waals surface area contributed by atoms with Crippen molar-refractivity contribution in [1.29, 1.82) is 0 Å². The Labute approximate surface area is 167 Å². The summed E-state index contributed by atoms with van der Waals surface area (Å²) in [4.78, 5) is 36.3. The summed E-state index contributed by atoms with van der Waals surface area (Å²) in [5.74, 6) is 0.230. The van der Waals surface area contributed by atoms with E-state index in [0.29, 0.717) is 50.9 Å². The fraction of sp³-hybridized carbons (Fsp3) is 0.750. The second kappa shape index (κ2) is 9.52. The summed E-state index contributed by atoms with van der Waals surface area (Å²) < 4.78 is 7.29. The number of hydrogen-bond donors (Lipinski definition) is 0. The highest BCUT2D eigenvalue weighted by atomic mass is 16.5. The highest BCUT2D eigenvalue weighted by molar-refractivity contribution is 5.96. The first-order valence-corrected chi connectivity index (χ1v) is 10.5. The molecule has 1 saturated heterocycles. The van der Waals surface area contributed by atoms with Gasteiger partial charge in [0, 0.05) is 51.6 Å². The van der Waals surface area contributed by atoms with E-state index >= 15 is 0 Å². The van der Waals surface area contributed by atoms with E-state index in [2.05, 4.69) is 16.9 Å². The Morgan fingerprint density at radius 1 is 1.25 bits per heavy atom. The molecule has 1 aromatic heterocycles. The van der Waals surface area contributed by atoms with Gasteiger partial charge in [0.15, 0.2) is 5.82 Å². The number of fused-ring (bicyclic) bond motifs is 1. The largest absolute Gasteiger partial charge is 0.382 e. The average molecular weight is 392 g/mol. The summed E-state index contributed by atoms with van der Waals surface area (Å²) in [5.41, 5.74) is 0.386. The molecule has 0 saturated carbocycles. The average Bonchev–Trinajstić information content (AvgIpc) is 3.14. The molecule has 0 N–H and O–H groups in total. The molecule has 2 aliphatic heterocycles. The molecule has 8 nitrogen and oxygen atoms in total. The minimum absolute atomic E-state index is 0.0659. The Balaban J connectivity index is 1.76. The molecule has 0 aliphatic carbocycles. The summed E-state index contributed by atoms with van der Waals surface area (Å²) in [5, 5.41) is 0. The summed E-state index contributed by atoms with van der Waals surface area (Å²) in [6.07, 6.45) is 4.50. The van der Waals surface area contributed by atoms with Gasteiger partial charge in [-0.25, -0.2) is 4.98 Å². The Bertz CT molecular complexity index is 681. The van der Waals surface area contributed by atoms with E-state index in [9.17, 15) is 9.59 Å². The molecule has 8 heteroatoms. The molecule has 0 bridgehead atoms. The van der Waals surface area contributed by atoms with E-state index in [1.165, 1.54) is 0 Å². The molecule has 0 radical (unpaired) electrons. The predicted octanol–water partition coefficient (Wildman–Crippen LogP) is 1.32. The van der Waals surface area contributed by atoms with Crippen molar-refractivity contribution in [2.45, 2.75) is 45.7 Å². The van der Waals surface area contributed by atoms with Crippen molar-refractivity contribution in [1.82, 2.24) is 24.3 Å². The van der Waals surface area contributed by atoms with Crippen LogP contribution in [0.3, 0.4) is 0 Å². The van der Waals surface area contributed by atoms with Crippen LogP contribution in [0.15, 0.2) is 6.20 Å². The van der Waals surface area contributed by atoms with E-state index in [4.69, 9.17) is 4.74 Å². The van der Waals surface area contributed by atoms with Crippen LogP contribution in [0.5, 0.6) is 0 Å². The molecule has 0 atom stereocenters. The topological polar surface area (TPSA) is 70.9 Å². The lowest BCUT2D eigenvalue weighted by molar-refractivity contribution is 0.0545. The molecule has 156 valence electrons. The van der Waals surface area contributed by atoms with Crippen molar-refractivity contribution in [2.75, 3.05) is 53.0 Å². The summed E-state index contributed by atoms with van der Waals surface area (Å²) in [6.45, 7) is 9.93. The Hall–Kier alpha value is -1.93. The summed E-state index contributed by atoms with van der Waals surface area (Å²) in [6, 6.07) is 0.215. The number of amides is 2. The second-order valence-electron chi connectivity index (χ2n) is 7.61. The van der Waals surface area contributed by atoms with Gasteiger partial charge in [-0.2, -0.15) is 0 Å². The van der Waals surface area contributed by atoms with Gasteiger partial charge in [-0.1, -0.05) is 0 Å². The third-order valence-corrected chi connectivity index (χ3v) is 5.75. The zero-order valence-electron chi connectivity index (χ0n) is 17.4. The third kappa shape index (κ3) is 4.55. The number of nitrogens with zero attached hydrogens (tertiary/aromatic N) is 5. The van der Waals surface area contributed by atoms with Crippen LogP contribution < -0.4 is 0 Å². The summed E-state index contributed by atoms with van der Waals surface area (Å²) in [7, 11) is 2.12. The maximum Gasteiger partial charge on any atom is 0.289 e. The number of carbonyl (C=O) groups is 2. The molecule has 28 heavy (non-hydrogen) atoms. The Kier molecular flexibility index (Phi) is 7.07. The normalized spacial score (nSPS) is 18.4. The van der Waals surface area contributed by atoms with E-state index in [-0.39, 0.29) is 17.9 Å². The lowest BCUT2D eigenvalue weighted by atomic mass is 10.0. The van der Waals surface area contributed by atoms with Gasteiger partial charge in [-0.3, -0.25) is 9.59 Å². The van der Waals surface area contributed by atoms with Crippen molar-refractivity contribution < 1.29 is 14.3 Å². The van der Waals surface area contributed by atoms with Gasteiger partial charge in [-0.15, -0.1) is 0 Å². The van der Waals surface area contributed by atoms with E-state index in [0.717, 1.165) is 32.4 Å². The fourth-order valence-corrected chi connectivity index (χ4v) is 4.02. The highest BCUT2D eigenvalue weighted by Gasteiger charge is 2.32. The van der Waals surface area contributed by atoms with Crippen LogP contribution >= 0.6 is 0 Å². The van der Waals surface area contributed by atoms with Gasteiger partial charge < -0.3 is 24.0 Å². The number of carbonyl (C=O) groups excluding carboxylic acids is 2. The van der Waals surface area contributed by atoms with Gasteiger partial charge in [0.1, 0.15) is 5.69 Å². The zero-order valence-corrected chi connectivity index (χ0v) is 17.4. The van der Waals surface area contributed by atoms with Crippen LogP contribution in [0.2, 0.25) is 0 Å². The number of rotatable bonds is 8. The van der Waals surface area contributed by atoms with Crippen LogP contribution in [0.1, 0.15) is 54.2 Å². The lowest BCUT2D eigenvalue weighted by Crippen LogP contribution is -2.47. The van der Waals surface area contributed by atoms with Crippen molar-refractivity contribution >= 4 is 11.8 Å². The van der Waals surface area contributed by atoms with Gasteiger partial charge in [0.05, 0.1) is 0 Å². The minimum atomic E-state index is -0.0880. The molecule has 2 aliphatic rings. The number of aromatic nitrogens is 2. The van der Waals surface area contributed by atoms with Gasteiger partial charge in [0.25, 0.3) is 11.8 Å². The lowest BCUT2D eigenvalue weighted by Gasteiger charge is -2.37. The van der Waals surface area contributed by atoms with Crippen LogP contribution in [0, 0.1) is 0 Å². The minimum Gasteiger partial charge on any atom is -0.382 e. The first-order chi connectivity index (χ1) is 13.5. The number of hydrogen-bond acceptors (Lipinski definition) is 5. The highest BCUT2D eigenvalue weighted by Crippen LogP contribution is 2.20. The Morgan fingerprint density at radius 2 is 2.00 bits per heavy atom. The van der Waals surface area contributed by atoms with E-state index < -0.39 is 0 Å². The van der Waals surface area contributed by atoms with Gasteiger partial charge >= 0.3 is 0 Å². The third-order valence-electron chi connectivity index (χ3n) is 5.75. The second-order valence-corrected chi connectivity index (χ2v) is 7.61. The first kappa shape index (κ1) is 20.8. The number of likely N-dealkylation sites (tertiary alicyclic amines) is 1. The van der Waals surface area contributed by atoms with Crippen LogP contribution in [-0.2, 0) is 11.3 Å². The zero-order chi connectivity index (χ0) is 20.1. The smallest absolute Gasteiger partial charge is 0.289 e. The monoisotopic (exact) mass is 391 g/mol. The molecule has 1 aromatic rings. The van der Waals surface area contributed by atoms with Gasteiger partial charge in [-0.05, 0) is 53.2 Å². The number of imidazole rings is 1. The molecule has 2 amide bonds. The molecular formula is C20H33N5O3. The van der Waals surface area contributed by atoms with Crippen LogP contribution in [0.4, 0.5) is 0 Å². The van der Waals surface area contributed by atoms with Crippen LogP contribution in [-0.4, -0.2) is 95.1 Å². The van der Waals surface area contributed by atoms with Crippen LogP contribution in [0.25, 0.3) is 0 Å². The van der Waals surface area contributed by atoms with Crippen molar-refractivity contribution in [2.24, 2.45) is 0 Å². The molecular weight excluding hydrogens is 358 g/mol. The molecule has 0 aromatic carbocycles.